The maximum atomic E-state index is 12.3. The molecule has 1 N–H and O–H groups in total. The second-order valence-electron chi connectivity index (χ2n) is 4.73. The van der Waals surface area contributed by atoms with E-state index in [1.807, 2.05) is 0 Å². The average Bonchev–Trinajstić information content (AvgIpc) is 2.36. The third kappa shape index (κ3) is 3.24. The molecule has 19 heavy (non-hydrogen) atoms. The number of carboxylic acids is 1. The predicted molar refractivity (Wildman–Crippen MR) is 66.9 cm³/mol. The van der Waals surface area contributed by atoms with Gasteiger partial charge < -0.3 is 9.84 Å². The third-order valence-corrected chi connectivity index (χ3v) is 5.75. The van der Waals surface area contributed by atoms with Crippen molar-refractivity contribution in [2.24, 2.45) is 5.92 Å². The smallest absolute Gasteiger partial charge is 0.325 e. The molecular weight excluding hydrogens is 274 g/mol. The lowest BCUT2D eigenvalue weighted by molar-refractivity contribution is -0.144. The monoisotopic (exact) mass is 293 g/mol. The zero-order valence-corrected chi connectivity index (χ0v) is 12.0. The van der Waals surface area contributed by atoms with Crippen LogP contribution in [0.25, 0.3) is 0 Å². The quantitative estimate of drug-likeness (QED) is 0.736. The summed E-state index contributed by atoms with van der Waals surface area (Å²) in [6, 6.07) is -0.438. The van der Waals surface area contributed by atoms with E-state index in [4.69, 9.17) is 5.11 Å². The van der Waals surface area contributed by atoms with Crippen LogP contribution < -0.4 is 0 Å². The topological polar surface area (TPSA) is 101 Å². The lowest BCUT2D eigenvalue weighted by Gasteiger charge is -2.36. The summed E-state index contributed by atoms with van der Waals surface area (Å²) in [6.45, 7) is 3.04. The molecule has 0 aliphatic carbocycles. The van der Waals surface area contributed by atoms with Crippen LogP contribution in [0, 0.1) is 5.92 Å². The van der Waals surface area contributed by atoms with E-state index >= 15 is 0 Å². The summed E-state index contributed by atoms with van der Waals surface area (Å²) in [7, 11) is -2.67. The van der Waals surface area contributed by atoms with Crippen molar-refractivity contribution >= 4 is 22.0 Å². The van der Waals surface area contributed by atoms with Crippen molar-refractivity contribution in [3.05, 3.63) is 0 Å². The van der Waals surface area contributed by atoms with E-state index in [1.54, 1.807) is 6.92 Å². The van der Waals surface area contributed by atoms with Crippen LogP contribution in [-0.2, 0) is 24.3 Å². The van der Waals surface area contributed by atoms with Gasteiger partial charge in [-0.1, -0.05) is 0 Å². The van der Waals surface area contributed by atoms with Gasteiger partial charge in [0.2, 0.25) is 10.0 Å². The summed E-state index contributed by atoms with van der Waals surface area (Å²) in [6.07, 6.45) is 0.509. The molecule has 0 spiro atoms. The van der Waals surface area contributed by atoms with Crippen LogP contribution in [0.15, 0.2) is 0 Å². The lowest BCUT2D eigenvalue weighted by Crippen LogP contribution is -2.50. The molecule has 1 aliphatic heterocycles. The molecule has 8 heteroatoms. The highest BCUT2D eigenvalue weighted by Gasteiger charge is 2.41. The fourth-order valence-corrected chi connectivity index (χ4v) is 3.94. The zero-order chi connectivity index (χ0) is 14.8. The van der Waals surface area contributed by atoms with Gasteiger partial charge in [0.1, 0.15) is 0 Å². The normalized spacial score (nSPS) is 26.7. The molecule has 110 valence electrons. The van der Waals surface area contributed by atoms with Crippen molar-refractivity contribution in [1.29, 1.82) is 0 Å². The number of piperidine rings is 1. The number of ether oxygens (including phenoxy) is 1. The van der Waals surface area contributed by atoms with Crippen LogP contribution in [0.2, 0.25) is 0 Å². The molecule has 1 aliphatic rings. The fourth-order valence-electron chi connectivity index (χ4n) is 2.24. The SMILES string of the molecule is COC(=O)C(C)S(=O)(=O)N1CCC(C(=O)O)CC1C. The van der Waals surface area contributed by atoms with Gasteiger partial charge in [-0.15, -0.1) is 0 Å². The van der Waals surface area contributed by atoms with E-state index in [0.29, 0.717) is 0 Å². The van der Waals surface area contributed by atoms with Crippen LogP contribution in [0.1, 0.15) is 26.7 Å². The van der Waals surface area contributed by atoms with Crippen molar-refractivity contribution in [2.45, 2.75) is 38.0 Å². The van der Waals surface area contributed by atoms with Gasteiger partial charge in [0.05, 0.1) is 13.0 Å². The Hall–Kier alpha value is -1.15. The number of hydrogen-bond acceptors (Lipinski definition) is 5. The second-order valence-corrected chi connectivity index (χ2v) is 6.94. The molecule has 1 rings (SSSR count). The Morgan fingerprint density at radius 1 is 1.42 bits per heavy atom. The number of aliphatic carboxylic acids is 1. The molecule has 0 aromatic rings. The van der Waals surface area contributed by atoms with Crippen LogP contribution in [0.4, 0.5) is 0 Å². The van der Waals surface area contributed by atoms with E-state index < -0.39 is 39.2 Å². The highest BCUT2D eigenvalue weighted by Crippen LogP contribution is 2.27. The first-order valence-corrected chi connectivity index (χ1v) is 7.53. The zero-order valence-electron chi connectivity index (χ0n) is 11.2. The summed E-state index contributed by atoms with van der Waals surface area (Å²) >= 11 is 0. The molecule has 0 amide bonds. The molecule has 0 aromatic heterocycles. The number of carboxylic acid groups (broad SMARTS) is 1. The van der Waals surface area contributed by atoms with Gasteiger partial charge in [0.25, 0.3) is 0 Å². The van der Waals surface area contributed by atoms with Gasteiger partial charge in [-0.05, 0) is 26.7 Å². The highest BCUT2D eigenvalue weighted by molar-refractivity contribution is 7.90. The number of rotatable bonds is 4. The Morgan fingerprint density at radius 2 is 2.00 bits per heavy atom. The first-order valence-electron chi connectivity index (χ1n) is 6.03. The molecule has 0 bridgehead atoms. The molecule has 0 aromatic carbocycles. The number of methoxy groups -OCH3 is 1. The Bertz CT molecular complexity index is 460. The van der Waals surface area contributed by atoms with Crippen LogP contribution in [-0.4, -0.2) is 54.7 Å². The molecular formula is C11H19NO6S. The molecule has 0 radical (unpaired) electrons. The van der Waals surface area contributed by atoms with Crippen molar-refractivity contribution < 1.29 is 27.9 Å². The molecule has 1 heterocycles. The summed E-state index contributed by atoms with van der Waals surface area (Å²) < 4.78 is 30.1. The van der Waals surface area contributed by atoms with Gasteiger partial charge in [0.15, 0.2) is 5.25 Å². The molecule has 7 nitrogen and oxygen atoms in total. The molecule has 0 saturated carbocycles. The average molecular weight is 293 g/mol. The number of carbonyl (C=O) groups is 2. The Kier molecular flexibility index (Phi) is 4.92. The standard InChI is InChI=1S/C11H19NO6S/c1-7-6-9(10(13)14)4-5-12(7)19(16,17)8(2)11(15)18-3/h7-9H,4-6H2,1-3H3,(H,13,14). The first-order chi connectivity index (χ1) is 8.71. The summed E-state index contributed by atoms with van der Waals surface area (Å²) in [5.74, 6) is -2.26. The minimum atomic E-state index is -3.81. The Morgan fingerprint density at radius 3 is 2.42 bits per heavy atom. The molecule has 1 saturated heterocycles. The van der Waals surface area contributed by atoms with Crippen molar-refractivity contribution in [3.8, 4) is 0 Å². The second kappa shape index (κ2) is 5.87. The number of nitrogens with zero attached hydrogens (tertiary/aromatic N) is 1. The Labute approximate surface area is 112 Å². The minimum absolute atomic E-state index is 0.113. The molecule has 3 atom stereocenters. The Balaban J connectivity index is 2.87. The fraction of sp³-hybridized carbons (Fsp3) is 0.818. The first kappa shape index (κ1) is 15.9. The van der Waals surface area contributed by atoms with Crippen molar-refractivity contribution in [3.63, 3.8) is 0 Å². The minimum Gasteiger partial charge on any atom is -0.481 e. The summed E-state index contributed by atoms with van der Waals surface area (Å²) in [4.78, 5) is 22.3. The largest absolute Gasteiger partial charge is 0.481 e. The van der Waals surface area contributed by atoms with Crippen LogP contribution in [0.5, 0.6) is 0 Å². The van der Waals surface area contributed by atoms with E-state index in [-0.39, 0.29) is 19.4 Å². The summed E-state index contributed by atoms with van der Waals surface area (Å²) in [5.41, 5.74) is 0. The van der Waals surface area contributed by atoms with E-state index in [1.165, 1.54) is 11.2 Å². The van der Waals surface area contributed by atoms with Gasteiger partial charge in [-0.25, -0.2) is 8.42 Å². The van der Waals surface area contributed by atoms with Gasteiger partial charge in [0, 0.05) is 12.6 Å². The van der Waals surface area contributed by atoms with Crippen molar-refractivity contribution in [1.82, 2.24) is 4.31 Å². The number of hydrogen-bond donors (Lipinski definition) is 1. The maximum Gasteiger partial charge on any atom is 0.325 e. The van der Waals surface area contributed by atoms with E-state index in [9.17, 15) is 18.0 Å². The van der Waals surface area contributed by atoms with E-state index in [2.05, 4.69) is 4.74 Å². The van der Waals surface area contributed by atoms with Gasteiger partial charge in [-0.3, -0.25) is 9.59 Å². The molecule has 3 unspecified atom stereocenters. The number of esters is 1. The molecule has 1 fully saturated rings. The van der Waals surface area contributed by atoms with E-state index in [0.717, 1.165) is 7.11 Å². The predicted octanol–water partition coefficient (Wildman–Crippen LogP) is 0.0628. The van der Waals surface area contributed by atoms with Gasteiger partial charge in [-0.2, -0.15) is 4.31 Å². The van der Waals surface area contributed by atoms with Crippen molar-refractivity contribution in [2.75, 3.05) is 13.7 Å². The maximum absolute atomic E-state index is 12.3. The lowest BCUT2D eigenvalue weighted by atomic mass is 9.93. The summed E-state index contributed by atoms with van der Waals surface area (Å²) in [5, 5.41) is 7.66. The number of sulfonamides is 1. The van der Waals surface area contributed by atoms with Crippen LogP contribution in [0.3, 0.4) is 0 Å². The third-order valence-electron chi connectivity index (χ3n) is 3.47. The van der Waals surface area contributed by atoms with Gasteiger partial charge >= 0.3 is 11.9 Å². The van der Waals surface area contributed by atoms with Crippen LogP contribution >= 0.6 is 0 Å². The number of carbonyl (C=O) groups excluding carboxylic acids is 1. The highest BCUT2D eigenvalue weighted by atomic mass is 32.2.